The monoisotopic (exact) mass is 450 g/mol. The fourth-order valence-electron chi connectivity index (χ4n) is 5.29. The molecule has 0 bridgehead atoms. The Bertz CT molecular complexity index is 929. The summed E-state index contributed by atoms with van der Waals surface area (Å²) in [7, 11) is 1.66. The Kier molecular flexibility index (Phi) is 8.51. The third kappa shape index (κ3) is 6.21. The van der Waals surface area contributed by atoms with Gasteiger partial charge in [0.05, 0.1) is 19.3 Å². The van der Waals surface area contributed by atoms with E-state index in [-0.39, 0.29) is 17.9 Å². The molecule has 2 aliphatic rings. The Balaban J connectivity index is 1.18. The molecule has 0 N–H and O–H groups in total. The number of carbonyl (C=O) groups excluding carboxylic acids is 1. The van der Waals surface area contributed by atoms with Crippen molar-refractivity contribution in [2.75, 3.05) is 26.8 Å². The summed E-state index contributed by atoms with van der Waals surface area (Å²) in [6.07, 6.45) is 10.6. The molecule has 1 aliphatic heterocycles. The van der Waals surface area contributed by atoms with E-state index >= 15 is 0 Å². The first-order valence-electron chi connectivity index (χ1n) is 12.6. The van der Waals surface area contributed by atoms with E-state index < -0.39 is 0 Å². The van der Waals surface area contributed by atoms with Gasteiger partial charge >= 0.3 is 0 Å². The van der Waals surface area contributed by atoms with Crippen LogP contribution in [0.25, 0.3) is 0 Å². The summed E-state index contributed by atoms with van der Waals surface area (Å²) in [6.45, 7) is 4.12. The molecule has 1 saturated heterocycles. The minimum Gasteiger partial charge on any atom is -0.496 e. The van der Waals surface area contributed by atoms with E-state index in [4.69, 9.17) is 14.5 Å². The van der Waals surface area contributed by atoms with Crippen molar-refractivity contribution in [3.8, 4) is 5.75 Å². The van der Waals surface area contributed by atoms with Gasteiger partial charge in [-0.2, -0.15) is 0 Å². The maximum atomic E-state index is 12.5. The fourth-order valence-corrected chi connectivity index (χ4v) is 5.29. The standard InChI is InChI=1S/C28H38N2O3/c1-21(31)28(25-12-6-8-14-27(25)32-2)30-18-17-24(20-30)33-19-9-3-4-11-23-16-15-22-10-5-7-13-26(22)29-23/h6,8,12,14-16,24,28H,3-5,7,9-11,13,17-20H2,1-2H3/t24-,28?/m1/s1. The first-order chi connectivity index (χ1) is 16.2. The van der Waals surface area contributed by atoms with E-state index in [0.29, 0.717) is 0 Å². The number of para-hydroxylation sites is 1. The van der Waals surface area contributed by atoms with Crippen LogP contribution in [0.4, 0.5) is 0 Å². The number of unbranched alkanes of at least 4 members (excludes halogenated alkanes) is 2. The van der Waals surface area contributed by atoms with Gasteiger partial charge in [0.1, 0.15) is 5.75 Å². The molecule has 4 rings (SSSR count). The van der Waals surface area contributed by atoms with Gasteiger partial charge in [-0.25, -0.2) is 0 Å². The maximum Gasteiger partial charge on any atom is 0.151 e. The summed E-state index contributed by atoms with van der Waals surface area (Å²) in [5, 5.41) is 0. The highest BCUT2D eigenvalue weighted by atomic mass is 16.5. The number of aromatic nitrogens is 1. The molecule has 0 radical (unpaired) electrons. The van der Waals surface area contributed by atoms with Gasteiger partial charge < -0.3 is 9.47 Å². The molecule has 178 valence electrons. The van der Waals surface area contributed by atoms with Crippen LogP contribution in [0.5, 0.6) is 5.75 Å². The molecule has 1 aromatic heterocycles. The summed E-state index contributed by atoms with van der Waals surface area (Å²) >= 11 is 0. The number of rotatable bonds is 11. The van der Waals surface area contributed by atoms with E-state index in [2.05, 4.69) is 17.0 Å². The predicted molar refractivity (Wildman–Crippen MR) is 131 cm³/mol. The van der Waals surface area contributed by atoms with E-state index in [9.17, 15) is 4.79 Å². The number of pyridine rings is 1. The smallest absolute Gasteiger partial charge is 0.151 e. The van der Waals surface area contributed by atoms with Crippen LogP contribution in [-0.2, 0) is 28.8 Å². The number of carbonyl (C=O) groups is 1. The topological polar surface area (TPSA) is 51.7 Å². The lowest BCUT2D eigenvalue weighted by Gasteiger charge is -2.27. The molecular formula is C28H38N2O3. The van der Waals surface area contributed by atoms with Gasteiger partial charge in [0, 0.05) is 36.6 Å². The number of methoxy groups -OCH3 is 1. The number of likely N-dealkylation sites (tertiary alicyclic amines) is 1. The Morgan fingerprint density at radius 1 is 1.12 bits per heavy atom. The number of fused-ring (bicyclic) bond motifs is 1. The zero-order chi connectivity index (χ0) is 23.0. The molecular weight excluding hydrogens is 412 g/mol. The lowest BCUT2D eigenvalue weighted by atomic mass is 9.95. The molecule has 2 atom stereocenters. The molecule has 0 spiro atoms. The average molecular weight is 451 g/mol. The maximum absolute atomic E-state index is 12.5. The van der Waals surface area contributed by atoms with Crippen LogP contribution in [0.3, 0.4) is 0 Å². The highest BCUT2D eigenvalue weighted by molar-refractivity contribution is 5.83. The second-order valence-corrected chi connectivity index (χ2v) is 9.46. The van der Waals surface area contributed by atoms with Crippen molar-refractivity contribution >= 4 is 5.78 Å². The van der Waals surface area contributed by atoms with E-state index in [0.717, 1.165) is 69.5 Å². The van der Waals surface area contributed by atoms with Crippen molar-refractivity contribution in [2.45, 2.75) is 76.9 Å². The zero-order valence-corrected chi connectivity index (χ0v) is 20.2. The van der Waals surface area contributed by atoms with Gasteiger partial charge in [-0.05, 0) is 76.0 Å². The lowest BCUT2D eigenvalue weighted by Crippen LogP contribution is -2.32. The number of hydrogen-bond donors (Lipinski definition) is 0. The first-order valence-corrected chi connectivity index (χ1v) is 12.6. The Morgan fingerprint density at radius 3 is 2.82 bits per heavy atom. The van der Waals surface area contributed by atoms with Crippen LogP contribution in [0.15, 0.2) is 36.4 Å². The third-order valence-corrected chi connectivity index (χ3v) is 7.03. The largest absolute Gasteiger partial charge is 0.496 e. The highest BCUT2D eigenvalue weighted by Gasteiger charge is 2.33. The summed E-state index contributed by atoms with van der Waals surface area (Å²) in [5.41, 5.74) is 4.99. The lowest BCUT2D eigenvalue weighted by molar-refractivity contribution is -0.122. The van der Waals surface area contributed by atoms with Gasteiger partial charge in [0.15, 0.2) is 5.78 Å². The second-order valence-electron chi connectivity index (χ2n) is 9.46. The van der Waals surface area contributed by atoms with Crippen LogP contribution >= 0.6 is 0 Å². The zero-order valence-electron chi connectivity index (χ0n) is 20.2. The highest BCUT2D eigenvalue weighted by Crippen LogP contribution is 2.33. The molecule has 1 aliphatic carbocycles. The molecule has 1 unspecified atom stereocenters. The molecule has 0 saturated carbocycles. The van der Waals surface area contributed by atoms with Crippen molar-refractivity contribution < 1.29 is 14.3 Å². The van der Waals surface area contributed by atoms with Crippen LogP contribution in [0.2, 0.25) is 0 Å². The van der Waals surface area contributed by atoms with Crippen LogP contribution < -0.4 is 4.74 Å². The minimum absolute atomic E-state index is 0.149. The van der Waals surface area contributed by atoms with Gasteiger partial charge in [0.25, 0.3) is 0 Å². The molecule has 33 heavy (non-hydrogen) atoms. The molecule has 2 heterocycles. The number of ether oxygens (including phenoxy) is 2. The summed E-state index contributed by atoms with van der Waals surface area (Å²) in [5.74, 6) is 0.923. The van der Waals surface area contributed by atoms with Gasteiger partial charge in [-0.3, -0.25) is 14.7 Å². The van der Waals surface area contributed by atoms with Gasteiger partial charge in [-0.15, -0.1) is 0 Å². The quantitative estimate of drug-likeness (QED) is 0.446. The van der Waals surface area contributed by atoms with Crippen molar-refractivity contribution in [3.05, 3.63) is 58.9 Å². The third-order valence-electron chi connectivity index (χ3n) is 7.03. The van der Waals surface area contributed by atoms with Crippen molar-refractivity contribution in [3.63, 3.8) is 0 Å². The fraction of sp³-hybridized carbons (Fsp3) is 0.571. The number of aryl methyl sites for hydroxylation is 3. The summed E-state index contributed by atoms with van der Waals surface area (Å²) in [6, 6.07) is 12.1. The minimum atomic E-state index is -0.265. The van der Waals surface area contributed by atoms with Crippen molar-refractivity contribution in [1.82, 2.24) is 9.88 Å². The van der Waals surface area contributed by atoms with Crippen LogP contribution in [0, 0.1) is 0 Å². The summed E-state index contributed by atoms with van der Waals surface area (Å²) < 4.78 is 11.7. The van der Waals surface area contributed by atoms with Crippen LogP contribution in [0.1, 0.15) is 74.0 Å². The van der Waals surface area contributed by atoms with Crippen LogP contribution in [-0.4, -0.2) is 48.6 Å². The Morgan fingerprint density at radius 2 is 1.97 bits per heavy atom. The Hall–Kier alpha value is -2.24. The Labute approximate surface area is 198 Å². The van der Waals surface area contributed by atoms with E-state index in [1.807, 2.05) is 24.3 Å². The normalized spacial score (nSPS) is 19.3. The number of hydrogen-bond acceptors (Lipinski definition) is 5. The average Bonchev–Trinajstić information content (AvgIpc) is 3.29. The second kappa shape index (κ2) is 11.8. The number of ketones is 1. The molecule has 2 aromatic rings. The van der Waals surface area contributed by atoms with Gasteiger partial charge in [0.2, 0.25) is 0 Å². The SMILES string of the molecule is COc1ccccc1C(C(C)=O)N1CC[C@@H](OCCCCCc2ccc3c(n2)CCCC3)C1. The number of Topliss-reactive ketones (excluding diaryl/α,β-unsaturated/α-hetero) is 1. The van der Waals surface area contributed by atoms with Crippen molar-refractivity contribution in [2.24, 2.45) is 0 Å². The molecule has 1 fully saturated rings. The number of nitrogens with zero attached hydrogens (tertiary/aromatic N) is 2. The van der Waals surface area contributed by atoms with E-state index in [1.165, 1.54) is 36.2 Å². The summed E-state index contributed by atoms with van der Waals surface area (Å²) in [4.78, 5) is 19.6. The van der Waals surface area contributed by atoms with E-state index in [1.54, 1.807) is 14.0 Å². The molecule has 1 aromatic carbocycles. The molecule has 5 nitrogen and oxygen atoms in total. The predicted octanol–water partition coefficient (Wildman–Crippen LogP) is 5.10. The first kappa shape index (κ1) is 23.9. The molecule has 5 heteroatoms. The van der Waals surface area contributed by atoms with Gasteiger partial charge in [-0.1, -0.05) is 30.7 Å². The molecule has 0 amide bonds. The van der Waals surface area contributed by atoms with Crippen molar-refractivity contribution in [1.29, 1.82) is 0 Å². The number of benzene rings is 1.